The largest absolute Gasteiger partial charge is 0.382 e. The maximum absolute atomic E-state index is 12.1. The van der Waals surface area contributed by atoms with E-state index in [0.717, 1.165) is 47.0 Å². The van der Waals surface area contributed by atoms with Crippen molar-refractivity contribution in [2.24, 2.45) is 11.8 Å². The van der Waals surface area contributed by atoms with Crippen LogP contribution in [0.2, 0.25) is 0 Å². The summed E-state index contributed by atoms with van der Waals surface area (Å²) in [6, 6.07) is 30.3. The van der Waals surface area contributed by atoms with E-state index in [0.29, 0.717) is 11.8 Å². The monoisotopic (exact) mass is 485 g/mol. The van der Waals surface area contributed by atoms with Crippen LogP contribution in [-0.4, -0.2) is 33.7 Å². The number of piperidine rings is 3. The molecule has 3 saturated heterocycles. The number of fused-ring (bicyclic) bond motifs is 6. The zero-order valence-electron chi connectivity index (χ0n) is 21.1. The van der Waals surface area contributed by atoms with Gasteiger partial charge in [-0.1, -0.05) is 72.8 Å². The van der Waals surface area contributed by atoms with E-state index >= 15 is 0 Å². The molecular weight excluding hydrogens is 452 g/mol. The number of para-hydroxylation sites is 1. The van der Waals surface area contributed by atoms with Crippen LogP contribution >= 0.6 is 0 Å². The SMILES string of the molecule is C=C[C@@H]1C[N+]2(Cc3c4ccccc4cc4ccccc34)CC[C@H]1C[C@H]2[C@H](O)c1ccnc2ccccc12. The lowest BCUT2D eigenvalue weighted by molar-refractivity contribution is -0.984. The maximum Gasteiger partial charge on any atom is 0.131 e. The Morgan fingerprint density at radius 2 is 1.59 bits per heavy atom. The van der Waals surface area contributed by atoms with E-state index in [4.69, 9.17) is 0 Å². The van der Waals surface area contributed by atoms with Gasteiger partial charge in [-0.3, -0.25) is 4.98 Å². The van der Waals surface area contributed by atoms with Crippen molar-refractivity contribution in [3.8, 4) is 0 Å². The number of aromatic nitrogens is 1. The fourth-order valence-corrected chi connectivity index (χ4v) is 7.56. The van der Waals surface area contributed by atoms with E-state index in [9.17, 15) is 5.11 Å². The average molecular weight is 486 g/mol. The molecule has 1 aromatic heterocycles. The van der Waals surface area contributed by atoms with E-state index in [1.807, 2.05) is 30.5 Å². The predicted molar refractivity (Wildman–Crippen MR) is 152 cm³/mol. The number of hydrogen-bond donors (Lipinski definition) is 1. The first-order valence-corrected chi connectivity index (χ1v) is 13.6. The van der Waals surface area contributed by atoms with Gasteiger partial charge in [0.1, 0.15) is 18.7 Å². The zero-order chi connectivity index (χ0) is 25.0. The number of benzene rings is 4. The van der Waals surface area contributed by atoms with Crippen LogP contribution in [0.15, 0.2) is 104 Å². The molecule has 3 fully saturated rings. The zero-order valence-corrected chi connectivity index (χ0v) is 21.1. The topological polar surface area (TPSA) is 33.1 Å². The van der Waals surface area contributed by atoms with Crippen LogP contribution in [0.25, 0.3) is 32.4 Å². The third kappa shape index (κ3) is 3.60. The van der Waals surface area contributed by atoms with Gasteiger partial charge in [-0.05, 0) is 51.2 Å². The van der Waals surface area contributed by atoms with E-state index in [2.05, 4.69) is 78.3 Å². The molecule has 0 amide bonds. The number of pyridine rings is 1. The molecule has 37 heavy (non-hydrogen) atoms. The molecule has 3 aliphatic heterocycles. The molecule has 1 N–H and O–H groups in total. The molecule has 4 aromatic carbocycles. The Balaban J connectivity index is 1.39. The molecule has 1 unspecified atom stereocenters. The van der Waals surface area contributed by atoms with E-state index < -0.39 is 6.10 Å². The number of hydrogen-bond acceptors (Lipinski definition) is 2. The fraction of sp³-hybridized carbons (Fsp3) is 0.265. The summed E-state index contributed by atoms with van der Waals surface area (Å²) >= 11 is 0. The Kier molecular flexibility index (Phi) is 5.38. The van der Waals surface area contributed by atoms with Crippen molar-refractivity contribution >= 4 is 32.4 Å². The standard InChI is InChI=1S/C34H33N2O/c1-2-23-21-36(22-31-27-11-5-3-9-25(27)19-26-10-4-6-12-28(26)31)18-16-24(23)20-33(36)34(37)30-15-17-35-32-14-8-7-13-29(30)32/h2-15,17,19,23-24,33-34,37H,1,16,18,20-22H2/q+1/t23-,24+,33+,34-,36?/m1/s1. The Morgan fingerprint density at radius 1 is 0.919 bits per heavy atom. The van der Waals surface area contributed by atoms with Gasteiger partial charge < -0.3 is 9.59 Å². The molecular formula is C34H33N2O+. The van der Waals surface area contributed by atoms with Crippen LogP contribution in [0.1, 0.15) is 30.1 Å². The van der Waals surface area contributed by atoms with Crippen molar-refractivity contribution in [3.05, 3.63) is 115 Å². The molecule has 0 aliphatic carbocycles. The first-order valence-electron chi connectivity index (χ1n) is 13.6. The van der Waals surface area contributed by atoms with Gasteiger partial charge in [0.2, 0.25) is 0 Å². The molecule has 5 aromatic rings. The number of aliphatic hydroxyl groups excluding tert-OH is 1. The fourth-order valence-electron chi connectivity index (χ4n) is 7.56. The summed E-state index contributed by atoms with van der Waals surface area (Å²) in [5, 5.41) is 18.4. The molecule has 8 rings (SSSR count). The van der Waals surface area contributed by atoms with Gasteiger partial charge in [-0.15, -0.1) is 6.58 Å². The van der Waals surface area contributed by atoms with E-state index in [1.165, 1.54) is 33.5 Å². The normalized spacial score (nSPS) is 26.0. The average Bonchev–Trinajstić information content (AvgIpc) is 2.96. The Bertz CT molecular complexity index is 1580. The molecule has 5 atom stereocenters. The third-order valence-electron chi connectivity index (χ3n) is 9.40. The van der Waals surface area contributed by atoms with Crippen LogP contribution in [-0.2, 0) is 6.54 Å². The van der Waals surface area contributed by atoms with Crippen molar-refractivity contribution in [1.82, 2.24) is 4.98 Å². The lowest BCUT2D eigenvalue weighted by Gasteiger charge is -2.58. The summed E-state index contributed by atoms with van der Waals surface area (Å²) in [5.74, 6) is 1.09. The second-order valence-electron chi connectivity index (χ2n) is 11.2. The highest BCUT2D eigenvalue weighted by atomic mass is 16.3. The van der Waals surface area contributed by atoms with Crippen molar-refractivity contribution in [2.75, 3.05) is 13.1 Å². The second kappa shape index (κ2) is 8.79. The van der Waals surface area contributed by atoms with Crippen molar-refractivity contribution in [2.45, 2.75) is 31.5 Å². The van der Waals surface area contributed by atoms with Crippen LogP contribution < -0.4 is 0 Å². The van der Waals surface area contributed by atoms with Crippen LogP contribution in [0.5, 0.6) is 0 Å². The first-order chi connectivity index (χ1) is 18.2. The van der Waals surface area contributed by atoms with Crippen molar-refractivity contribution in [1.29, 1.82) is 0 Å². The number of rotatable bonds is 5. The molecule has 3 nitrogen and oxygen atoms in total. The van der Waals surface area contributed by atoms with Gasteiger partial charge in [0.25, 0.3) is 0 Å². The van der Waals surface area contributed by atoms with Crippen LogP contribution in [0, 0.1) is 11.8 Å². The van der Waals surface area contributed by atoms with Crippen molar-refractivity contribution in [3.63, 3.8) is 0 Å². The number of nitrogens with zero attached hydrogens (tertiary/aromatic N) is 2. The molecule has 3 heteroatoms. The minimum Gasteiger partial charge on any atom is -0.382 e. The minimum absolute atomic E-state index is 0.137. The highest BCUT2D eigenvalue weighted by Crippen LogP contribution is 2.49. The quantitative estimate of drug-likeness (QED) is 0.162. The Morgan fingerprint density at radius 3 is 2.32 bits per heavy atom. The van der Waals surface area contributed by atoms with Gasteiger partial charge in [-0.25, -0.2) is 0 Å². The van der Waals surface area contributed by atoms with Gasteiger partial charge in [0.15, 0.2) is 0 Å². The summed E-state index contributed by atoms with van der Waals surface area (Å²) in [6.07, 6.45) is 5.72. The molecule has 3 aliphatic rings. The van der Waals surface area contributed by atoms with Gasteiger partial charge >= 0.3 is 0 Å². The van der Waals surface area contributed by atoms with Crippen LogP contribution in [0.4, 0.5) is 0 Å². The van der Waals surface area contributed by atoms with E-state index in [1.54, 1.807) is 0 Å². The highest BCUT2D eigenvalue weighted by Gasteiger charge is 2.54. The van der Waals surface area contributed by atoms with Gasteiger partial charge in [0, 0.05) is 35.9 Å². The van der Waals surface area contributed by atoms with Crippen molar-refractivity contribution < 1.29 is 9.59 Å². The Hall–Kier alpha value is -3.53. The summed E-state index contributed by atoms with van der Waals surface area (Å²) < 4.78 is 0.906. The predicted octanol–water partition coefficient (Wildman–Crippen LogP) is 7.19. The summed E-state index contributed by atoms with van der Waals surface area (Å²) in [5.41, 5.74) is 3.37. The lowest BCUT2D eigenvalue weighted by atomic mass is 9.71. The highest BCUT2D eigenvalue weighted by molar-refractivity contribution is 6.02. The van der Waals surface area contributed by atoms with Gasteiger partial charge in [-0.2, -0.15) is 0 Å². The minimum atomic E-state index is -0.539. The first kappa shape index (κ1) is 22.7. The lowest BCUT2D eigenvalue weighted by Crippen LogP contribution is -2.67. The molecule has 2 bridgehead atoms. The number of quaternary nitrogens is 1. The third-order valence-corrected chi connectivity index (χ3v) is 9.40. The molecule has 0 radical (unpaired) electrons. The Labute approximate surface area is 218 Å². The summed E-state index contributed by atoms with van der Waals surface area (Å²) in [4.78, 5) is 4.57. The summed E-state index contributed by atoms with van der Waals surface area (Å²) in [6.45, 7) is 7.28. The van der Waals surface area contributed by atoms with E-state index in [-0.39, 0.29) is 6.04 Å². The summed E-state index contributed by atoms with van der Waals surface area (Å²) in [7, 11) is 0. The molecule has 4 heterocycles. The number of aliphatic hydroxyl groups is 1. The smallest absolute Gasteiger partial charge is 0.131 e. The van der Waals surface area contributed by atoms with Gasteiger partial charge in [0.05, 0.1) is 18.6 Å². The molecule has 184 valence electrons. The molecule has 0 saturated carbocycles. The molecule has 0 spiro atoms. The maximum atomic E-state index is 12.1. The van der Waals surface area contributed by atoms with Crippen LogP contribution in [0.3, 0.4) is 0 Å². The second-order valence-corrected chi connectivity index (χ2v) is 11.2.